The van der Waals surface area contributed by atoms with Crippen molar-refractivity contribution in [1.29, 1.82) is 0 Å². The molecular formula is C9H21NS. The third kappa shape index (κ3) is 2.68. The number of thioether (sulfide) groups is 1. The fourth-order valence-electron chi connectivity index (χ4n) is 1.37. The average Bonchev–Trinajstić information content (AvgIpc) is 2.06. The summed E-state index contributed by atoms with van der Waals surface area (Å²) in [7, 11) is 2.05. The summed E-state index contributed by atoms with van der Waals surface area (Å²) in [4.78, 5) is 0. The Bertz CT molecular complexity index is 95.7. The average molecular weight is 175 g/mol. The summed E-state index contributed by atoms with van der Waals surface area (Å²) in [6.07, 6.45) is 4.66. The lowest BCUT2D eigenvalue weighted by Gasteiger charge is -2.34. The Kier molecular flexibility index (Phi) is 5.19. The van der Waals surface area contributed by atoms with Gasteiger partial charge in [-0.3, -0.25) is 0 Å². The lowest BCUT2D eigenvalue weighted by atomic mass is 9.84. The molecule has 0 rings (SSSR count). The SMILES string of the molecule is CCC(C)(CC)C(NC)SC. The standard InChI is InChI=1S/C9H21NS/c1-6-9(3,7-2)8(10-4)11-5/h8,10H,6-7H2,1-5H3. The van der Waals surface area contributed by atoms with Crippen molar-refractivity contribution < 1.29 is 0 Å². The molecule has 1 nitrogen and oxygen atoms in total. The molecule has 0 saturated carbocycles. The van der Waals surface area contributed by atoms with Gasteiger partial charge in [0.05, 0.1) is 5.37 Å². The number of hydrogen-bond acceptors (Lipinski definition) is 2. The fraction of sp³-hybridized carbons (Fsp3) is 1.00. The van der Waals surface area contributed by atoms with Gasteiger partial charge in [0.1, 0.15) is 0 Å². The van der Waals surface area contributed by atoms with Gasteiger partial charge in [-0.15, -0.1) is 11.8 Å². The van der Waals surface area contributed by atoms with Crippen LogP contribution in [0.2, 0.25) is 0 Å². The Morgan fingerprint density at radius 2 is 1.82 bits per heavy atom. The minimum atomic E-state index is 0.453. The van der Waals surface area contributed by atoms with Gasteiger partial charge >= 0.3 is 0 Å². The Morgan fingerprint density at radius 1 is 1.36 bits per heavy atom. The van der Waals surface area contributed by atoms with E-state index in [0.29, 0.717) is 10.8 Å². The Balaban J connectivity index is 4.19. The molecule has 0 bridgehead atoms. The predicted molar refractivity (Wildman–Crippen MR) is 55.1 cm³/mol. The van der Waals surface area contributed by atoms with Crippen molar-refractivity contribution in [3.8, 4) is 0 Å². The summed E-state index contributed by atoms with van der Waals surface area (Å²) in [5.41, 5.74) is 0.453. The lowest BCUT2D eigenvalue weighted by molar-refractivity contribution is 0.267. The van der Waals surface area contributed by atoms with Crippen molar-refractivity contribution >= 4 is 11.8 Å². The van der Waals surface area contributed by atoms with Gasteiger partial charge in [0, 0.05) is 0 Å². The molecule has 0 radical (unpaired) electrons. The van der Waals surface area contributed by atoms with Gasteiger partial charge in [-0.25, -0.2) is 0 Å². The van der Waals surface area contributed by atoms with Crippen molar-refractivity contribution in [2.75, 3.05) is 13.3 Å². The highest BCUT2D eigenvalue weighted by Gasteiger charge is 2.28. The topological polar surface area (TPSA) is 12.0 Å². The van der Waals surface area contributed by atoms with Crippen LogP contribution in [-0.4, -0.2) is 18.7 Å². The number of nitrogens with one attached hydrogen (secondary N) is 1. The molecule has 0 aromatic heterocycles. The zero-order valence-electron chi connectivity index (χ0n) is 8.40. The van der Waals surface area contributed by atoms with E-state index >= 15 is 0 Å². The maximum Gasteiger partial charge on any atom is 0.0581 e. The van der Waals surface area contributed by atoms with E-state index in [1.54, 1.807) is 0 Å². The first-order valence-electron chi connectivity index (χ1n) is 4.34. The molecule has 0 aliphatic heterocycles. The highest BCUT2D eigenvalue weighted by molar-refractivity contribution is 7.99. The van der Waals surface area contributed by atoms with Gasteiger partial charge in [-0.2, -0.15) is 0 Å². The molecule has 2 heteroatoms. The molecule has 0 aliphatic rings. The first kappa shape index (κ1) is 11.3. The van der Waals surface area contributed by atoms with E-state index in [1.807, 2.05) is 18.8 Å². The molecule has 0 spiro atoms. The normalized spacial score (nSPS) is 15.0. The summed E-state index contributed by atoms with van der Waals surface area (Å²) < 4.78 is 0. The molecule has 1 unspecified atom stereocenters. The summed E-state index contributed by atoms with van der Waals surface area (Å²) in [5, 5.41) is 3.95. The van der Waals surface area contributed by atoms with E-state index in [9.17, 15) is 0 Å². The molecule has 0 saturated heterocycles. The van der Waals surface area contributed by atoms with Crippen LogP contribution in [0.1, 0.15) is 33.6 Å². The van der Waals surface area contributed by atoms with Gasteiger partial charge in [0.15, 0.2) is 0 Å². The van der Waals surface area contributed by atoms with Crippen LogP contribution in [0.25, 0.3) is 0 Å². The zero-order chi connectivity index (χ0) is 8.91. The van der Waals surface area contributed by atoms with Crippen molar-refractivity contribution in [2.24, 2.45) is 5.41 Å². The molecule has 0 aliphatic carbocycles. The lowest BCUT2D eigenvalue weighted by Crippen LogP contribution is -2.38. The van der Waals surface area contributed by atoms with Crippen LogP contribution in [0.3, 0.4) is 0 Å². The van der Waals surface area contributed by atoms with Gasteiger partial charge in [-0.1, -0.05) is 20.8 Å². The molecule has 1 N–H and O–H groups in total. The monoisotopic (exact) mass is 175 g/mol. The largest absolute Gasteiger partial charge is 0.308 e. The Labute approximate surface area is 75.3 Å². The fourth-order valence-corrected chi connectivity index (χ4v) is 2.51. The summed E-state index contributed by atoms with van der Waals surface area (Å²) >= 11 is 1.91. The molecule has 1 atom stereocenters. The van der Waals surface area contributed by atoms with Crippen molar-refractivity contribution in [3.63, 3.8) is 0 Å². The maximum atomic E-state index is 3.36. The molecule has 0 heterocycles. The second-order valence-electron chi connectivity index (χ2n) is 3.27. The van der Waals surface area contributed by atoms with Crippen LogP contribution >= 0.6 is 11.8 Å². The molecule has 0 aromatic rings. The summed E-state index contributed by atoms with van der Waals surface area (Å²) in [5.74, 6) is 0. The van der Waals surface area contributed by atoms with E-state index in [-0.39, 0.29) is 0 Å². The van der Waals surface area contributed by atoms with Gasteiger partial charge in [0.25, 0.3) is 0 Å². The van der Waals surface area contributed by atoms with Crippen LogP contribution in [-0.2, 0) is 0 Å². The first-order chi connectivity index (χ1) is 5.14. The predicted octanol–water partition coefficient (Wildman–Crippen LogP) is 2.72. The highest BCUT2D eigenvalue weighted by atomic mass is 32.2. The second-order valence-corrected chi connectivity index (χ2v) is 4.21. The Morgan fingerprint density at radius 3 is 1.91 bits per heavy atom. The third-order valence-corrected chi connectivity index (χ3v) is 4.02. The zero-order valence-corrected chi connectivity index (χ0v) is 9.22. The van der Waals surface area contributed by atoms with Crippen LogP contribution in [0.5, 0.6) is 0 Å². The van der Waals surface area contributed by atoms with Gasteiger partial charge in [-0.05, 0) is 31.6 Å². The first-order valence-corrected chi connectivity index (χ1v) is 5.63. The minimum absolute atomic E-state index is 0.453. The van der Waals surface area contributed by atoms with Crippen molar-refractivity contribution in [2.45, 2.75) is 39.0 Å². The van der Waals surface area contributed by atoms with Crippen LogP contribution < -0.4 is 5.32 Å². The number of rotatable bonds is 5. The van der Waals surface area contributed by atoms with Gasteiger partial charge < -0.3 is 5.32 Å². The summed E-state index contributed by atoms with van der Waals surface area (Å²) in [6.45, 7) is 6.89. The van der Waals surface area contributed by atoms with Crippen LogP contribution in [0.15, 0.2) is 0 Å². The van der Waals surface area contributed by atoms with E-state index in [4.69, 9.17) is 0 Å². The molecule has 0 amide bonds. The Hall–Kier alpha value is 0.310. The van der Waals surface area contributed by atoms with Crippen LogP contribution in [0.4, 0.5) is 0 Å². The second kappa shape index (κ2) is 5.04. The third-order valence-electron chi connectivity index (χ3n) is 2.75. The van der Waals surface area contributed by atoms with E-state index < -0.39 is 0 Å². The molecule has 0 aromatic carbocycles. The summed E-state index contributed by atoms with van der Waals surface area (Å²) in [6, 6.07) is 0. The van der Waals surface area contributed by atoms with E-state index in [0.717, 1.165) is 0 Å². The molecule has 11 heavy (non-hydrogen) atoms. The van der Waals surface area contributed by atoms with Crippen LogP contribution in [0, 0.1) is 5.41 Å². The molecule has 68 valence electrons. The van der Waals surface area contributed by atoms with Crippen molar-refractivity contribution in [1.82, 2.24) is 5.32 Å². The smallest absolute Gasteiger partial charge is 0.0581 e. The molecular weight excluding hydrogens is 154 g/mol. The highest BCUT2D eigenvalue weighted by Crippen LogP contribution is 2.34. The molecule has 0 fully saturated rings. The van der Waals surface area contributed by atoms with E-state index in [1.165, 1.54) is 12.8 Å². The van der Waals surface area contributed by atoms with Gasteiger partial charge in [0.2, 0.25) is 0 Å². The maximum absolute atomic E-state index is 3.36. The van der Waals surface area contributed by atoms with Crippen molar-refractivity contribution in [3.05, 3.63) is 0 Å². The number of hydrogen-bond donors (Lipinski definition) is 1. The minimum Gasteiger partial charge on any atom is -0.308 e. The quantitative estimate of drug-likeness (QED) is 0.645. The van der Waals surface area contributed by atoms with E-state index in [2.05, 4.69) is 32.3 Å².